The molecule has 1 N–H and O–H groups in total. The van der Waals surface area contributed by atoms with E-state index in [-0.39, 0.29) is 6.04 Å². The van der Waals surface area contributed by atoms with E-state index in [4.69, 9.17) is 4.74 Å². The predicted molar refractivity (Wildman–Crippen MR) is 86.9 cm³/mol. The molecule has 0 radical (unpaired) electrons. The molecule has 22 heavy (non-hydrogen) atoms. The molecule has 5 heteroatoms. The van der Waals surface area contributed by atoms with Crippen LogP contribution in [0.4, 0.5) is 4.79 Å². The van der Waals surface area contributed by atoms with Crippen molar-refractivity contribution in [2.24, 2.45) is 4.99 Å². The number of rotatable bonds is 2. The topological polar surface area (TPSA) is 53.9 Å². The normalized spacial score (nSPS) is 17.5. The molecule has 1 atom stereocenters. The first-order chi connectivity index (χ1) is 10.7. The number of alkyl carbamates (subject to hydrolysis) is 1. The highest BCUT2D eigenvalue weighted by molar-refractivity contribution is 5.95. The van der Waals surface area contributed by atoms with Gasteiger partial charge in [-0.25, -0.2) is 4.79 Å². The fourth-order valence-electron chi connectivity index (χ4n) is 2.79. The number of guanidine groups is 1. The summed E-state index contributed by atoms with van der Waals surface area (Å²) in [5.41, 5.74) is 1.21. The first kappa shape index (κ1) is 14.4. The number of benzene rings is 2. The highest BCUT2D eigenvalue weighted by atomic mass is 16.5. The fraction of sp³-hybridized carbons (Fsp3) is 0.294. The van der Waals surface area contributed by atoms with Crippen molar-refractivity contribution in [3.8, 4) is 0 Å². The van der Waals surface area contributed by atoms with E-state index in [2.05, 4.69) is 40.6 Å². The van der Waals surface area contributed by atoms with Gasteiger partial charge in [0.1, 0.15) is 0 Å². The average molecular weight is 297 g/mol. The monoisotopic (exact) mass is 297 g/mol. The molecule has 2 aromatic carbocycles. The van der Waals surface area contributed by atoms with E-state index < -0.39 is 6.09 Å². The Morgan fingerprint density at radius 3 is 2.91 bits per heavy atom. The standard InChI is InChI=1S/C17H19N3O2/c1-3-22-17(21)19-16-18-11-15(20(16)2)14-10-6-8-12-7-4-5-9-13(12)14/h4-10,15H,3,11H2,1-2H3,(H,18,19,21). The van der Waals surface area contributed by atoms with Gasteiger partial charge < -0.3 is 9.64 Å². The van der Waals surface area contributed by atoms with Gasteiger partial charge in [0.15, 0.2) is 0 Å². The molecule has 1 heterocycles. The number of aliphatic imine (C=N–C) groups is 1. The summed E-state index contributed by atoms with van der Waals surface area (Å²) in [6.07, 6.45) is -0.466. The molecule has 0 saturated heterocycles. The molecule has 0 saturated carbocycles. The third kappa shape index (κ3) is 2.62. The Hall–Kier alpha value is -2.56. The minimum Gasteiger partial charge on any atom is -0.450 e. The smallest absolute Gasteiger partial charge is 0.413 e. The lowest BCUT2D eigenvalue weighted by Gasteiger charge is -2.24. The second-order valence-electron chi connectivity index (χ2n) is 5.20. The summed E-state index contributed by atoms with van der Waals surface area (Å²) >= 11 is 0. The van der Waals surface area contributed by atoms with Crippen LogP contribution in [-0.2, 0) is 4.74 Å². The SMILES string of the molecule is CCOC(=O)NC1=NCC(c2cccc3ccccc23)N1C. The number of nitrogens with one attached hydrogen (secondary N) is 1. The summed E-state index contributed by atoms with van der Waals surface area (Å²) in [6.45, 7) is 2.74. The molecule has 0 fully saturated rings. The highest BCUT2D eigenvalue weighted by Gasteiger charge is 2.28. The van der Waals surface area contributed by atoms with Crippen LogP contribution in [-0.4, -0.2) is 37.2 Å². The summed E-state index contributed by atoms with van der Waals surface area (Å²) in [7, 11) is 1.94. The van der Waals surface area contributed by atoms with Crippen molar-refractivity contribution in [2.45, 2.75) is 13.0 Å². The van der Waals surface area contributed by atoms with E-state index in [0.29, 0.717) is 19.1 Å². The van der Waals surface area contributed by atoms with Gasteiger partial charge in [-0.15, -0.1) is 0 Å². The van der Waals surface area contributed by atoms with Gasteiger partial charge in [0.05, 0.1) is 19.2 Å². The molecule has 1 aliphatic heterocycles. The van der Waals surface area contributed by atoms with Crippen LogP contribution in [0.5, 0.6) is 0 Å². The Labute approximate surface area is 129 Å². The minimum absolute atomic E-state index is 0.114. The maximum Gasteiger partial charge on any atom is 0.413 e. The Bertz CT molecular complexity index is 721. The maximum absolute atomic E-state index is 11.6. The van der Waals surface area contributed by atoms with E-state index in [1.165, 1.54) is 16.3 Å². The van der Waals surface area contributed by atoms with Gasteiger partial charge in [0, 0.05) is 7.05 Å². The van der Waals surface area contributed by atoms with Crippen molar-refractivity contribution in [3.05, 3.63) is 48.0 Å². The minimum atomic E-state index is -0.466. The van der Waals surface area contributed by atoms with E-state index in [9.17, 15) is 4.79 Å². The second-order valence-corrected chi connectivity index (χ2v) is 5.20. The van der Waals surface area contributed by atoms with Gasteiger partial charge >= 0.3 is 6.09 Å². The molecular formula is C17H19N3O2. The van der Waals surface area contributed by atoms with E-state index in [1.807, 2.05) is 24.1 Å². The molecule has 1 aliphatic rings. The average Bonchev–Trinajstić information content (AvgIpc) is 2.88. The molecule has 5 nitrogen and oxygen atoms in total. The largest absolute Gasteiger partial charge is 0.450 e. The molecule has 0 aromatic heterocycles. The van der Waals surface area contributed by atoms with Gasteiger partial charge in [0.2, 0.25) is 5.96 Å². The summed E-state index contributed by atoms with van der Waals surface area (Å²) in [4.78, 5) is 18.0. The number of amides is 1. The zero-order valence-electron chi connectivity index (χ0n) is 12.7. The van der Waals surface area contributed by atoms with Crippen LogP contribution in [0.25, 0.3) is 10.8 Å². The second kappa shape index (κ2) is 6.05. The van der Waals surface area contributed by atoms with Crippen molar-refractivity contribution in [1.29, 1.82) is 0 Å². The van der Waals surface area contributed by atoms with Crippen LogP contribution in [0, 0.1) is 0 Å². The van der Waals surface area contributed by atoms with Crippen molar-refractivity contribution >= 4 is 22.8 Å². The first-order valence-electron chi connectivity index (χ1n) is 7.39. The Morgan fingerprint density at radius 2 is 2.09 bits per heavy atom. The third-order valence-corrected chi connectivity index (χ3v) is 3.89. The van der Waals surface area contributed by atoms with E-state index in [1.54, 1.807) is 6.92 Å². The first-order valence-corrected chi connectivity index (χ1v) is 7.39. The molecule has 1 amide bonds. The molecule has 1 unspecified atom stereocenters. The maximum atomic E-state index is 11.6. The van der Waals surface area contributed by atoms with Crippen LogP contribution in [0.3, 0.4) is 0 Å². The number of carbonyl (C=O) groups excluding carboxylic acids is 1. The van der Waals surface area contributed by atoms with Gasteiger partial charge in [-0.2, -0.15) is 0 Å². The molecule has 114 valence electrons. The molecule has 3 rings (SSSR count). The number of nitrogens with zero attached hydrogens (tertiary/aromatic N) is 2. The van der Waals surface area contributed by atoms with Crippen LogP contribution in [0.15, 0.2) is 47.5 Å². The van der Waals surface area contributed by atoms with Crippen LogP contribution in [0.1, 0.15) is 18.5 Å². The van der Waals surface area contributed by atoms with Crippen LogP contribution in [0.2, 0.25) is 0 Å². The zero-order valence-corrected chi connectivity index (χ0v) is 12.7. The Balaban J connectivity index is 1.84. The molecule has 0 bridgehead atoms. The number of ether oxygens (including phenoxy) is 1. The van der Waals surface area contributed by atoms with E-state index >= 15 is 0 Å². The predicted octanol–water partition coefficient (Wildman–Crippen LogP) is 2.93. The number of likely N-dealkylation sites (N-methyl/N-ethyl adjacent to an activating group) is 1. The lowest BCUT2D eigenvalue weighted by molar-refractivity contribution is 0.156. The summed E-state index contributed by atoms with van der Waals surface area (Å²) in [5.74, 6) is 0.552. The number of carbonyl (C=O) groups is 1. The van der Waals surface area contributed by atoms with Crippen molar-refractivity contribution in [1.82, 2.24) is 10.2 Å². The van der Waals surface area contributed by atoms with Crippen LogP contribution >= 0.6 is 0 Å². The van der Waals surface area contributed by atoms with Gasteiger partial charge in [-0.1, -0.05) is 42.5 Å². The Morgan fingerprint density at radius 1 is 1.32 bits per heavy atom. The van der Waals surface area contributed by atoms with E-state index in [0.717, 1.165) is 0 Å². The molecule has 0 spiro atoms. The zero-order chi connectivity index (χ0) is 15.5. The number of hydrogen-bond donors (Lipinski definition) is 1. The Kier molecular flexibility index (Phi) is 3.96. The number of hydrogen-bond acceptors (Lipinski definition) is 4. The quantitative estimate of drug-likeness (QED) is 0.927. The van der Waals surface area contributed by atoms with Gasteiger partial charge in [-0.05, 0) is 23.3 Å². The van der Waals surface area contributed by atoms with Crippen molar-refractivity contribution < 1.29 is 9.53 Å². The summed E-state index contributed by atoms with van der Waals surface area (Å²) in [5, 5.41) is 5.12. The number of fused-ring (bicyclic) bond motifs is 1. The molecule has 0 aliphatic carbocycles. The summed E-state index contributed by atoms with van der Waals surface area (Å²) < 4.78 is 4.91. The lowest BCUT2D eigenvalue weighted by atomic mass is 9.98. The highest BCUT2D eigenvalue weighted by Crippen LogP contribution is 2.30. The molecular weight excluding hydrogens is 278 g/mol. The van der Waals surface area contributed by atoms with Gasteiger partial charge in [0.25, 0.3) is 0 Å². The fourth-order valence-corrected chi connectivity index (χ4v) is 2.79. The third-order valence-electron chi connectivity index (χ3n) is 3.89. The lowest BCUT2D eigenvalue weighted by Crippen LogP contribution is -2.40. The summed E-state index contributed by atoms with van der Waals surface area (Å²) in [6, 6.07) is 14.7. The van der Waals surface area contributed by atoms with Crippen molar-refractivity contribution in [2.75, 3.05) is 20.2 Å². The molecule has 2 aromatic rings. The van der Waals surface area contributed by atoms with Gasteiger partial charge in [-0.3, -0.25) is 10.3 Å². The van der Waals surface area contributed by atoms with Crippen molar-refractivity contribution in [3.63, 3.8) is 0 Å². The van der Waals surface area contributed by atoms with Crippen LogP contribution < -0.4 is 5.32 Å².